The molecule has 11 heteroatoms. The average Bonchev–Trinajstić information content (AvgIpc) is 2.97. The zero-order chi connectivity index (χ0) is 31.7. The van der Waals surface area contributed by atoms with Gasteiger partial charge in [0.2, 0.25) is 10.0 Å². The van der Waals surface area contributed by atoms with Gasteiger partial charge in [-0.25, -0.2) is 8.42 Å². The van der Waals surface area contributed by atoms with Crippen molar-refractivity contribution in [2.24, 2.45) is 0 Å². The van der Waals surface area contributed by atoms with Crippen LogP contribution in [0, 0.1) is 6.92 Å². The lowest BCUT2D eigenvalue weighted by atomic mass is 10.1. The van der Waals surface area contributed by atoms with Crippen molar-refractivity contribution in [1.29, 1.82) is 0 Å². The highest BCUT2D eigenvalue weighted by Gasteiger charge is 2.16. The highest BCUT2D eigenvalue weighted by Crippen LogP contribution is 2.31. The van der Waals surface area contributed by atoms with Crippen molar-refractivity contribution in [2.75, 3.05) is 36.1 Å². The van der Waals surface area contributed by atoms with E-state index in [-0.39, 0.29) is 6.61 Å². The summed E-state index contributed by atoms with van der Waals surface area (Å²) in [6.45, 7) is 2.38. The first-order chi connectivity index (χ1) is 21.0. The van der Waals surface area contributed by atoms with Crippen LogP contribution in [0.3, 0.4) is 0 Å². The van der Waals surface area contributed by atoms with Gasteiger partial charge < -0.3 is 24.4 Å². The monoisotopic (exact) mass is 617 g/mol. The van der Waals surface area contributed by atoms with E-state index in [1.54, 1.807) is 30.3 Å². The Morgan fingerprint density at radius 2 is 1.45 bits per heavy atom. The summed E-state index contributed by atoms with van der Waals surface area (Å²) in [6.07, 6.45) is 1.14. The molecule has 2 N–H and O–H groups in total. The molecule has 0 heterocycles. The minimum absolute atomic E-state index is 0.298. The molecule has 0 radical (unpaired) electrons. The van der Waals surface area contributed by atoms with Crippen LogP contribution in [0.5, 0.6) is 17.2 Å². The van der Waals surface area contributed by atoms with Crippen molar-refractivity contribution in [3.05, 3.63) is 114 Å². The van der Waals surface area contributed by atoms with Gasteiger partial charge >= 0.3 is 5.97 Å². The van der Waals surface area contributed by atoms with E-state index in [1.807, 2.05) is 61.5 Å². The largest absolute Gasteiger partial charge is 0.484 e. The Morgan fingerprint density at radius 1 is 0.818 bits per heavy atom. The van der Waals surface area contributed by atoms with E-state index in [0.29, 0.717) is 36.0 Å². The first kappa shape index (κ1) is 31.9. The predicted octanol–water partition coefficient (Wildman–Crippen LogP) is 5.29. The number of carbonyl (C=O) groups excluding carboxylic acids is 1. The van der Waals surface area contributed by atoms with E-state index in [9.17, 15) is 18.0 Å². The van der Waals surface area contributed by atoms with Crippen LogP contribution in [0.4, 0.5) is 11.4 Å². The number of ether oxygens (including phenoxy) is 2. The van der Waals surface area contributed by atoms with Crippen LogP contribution in [0.25, 0.3) is 0 Å². The van der Waals surface area contributed by atoms with Crippen molar-refractivity contribution in [2.45, 2.75) is 20.0 Å². The smallest absolute Gasteiger partial charge is 0.323 e. The molecular formula is C33H35N3O7S. The number of rotatable bonds is 14. The molecule has 4 aromatic rings. The lowest BCUT2D eigenvalue weighted by Crippen LogP contribution is -2.35. The van der Waals surface area contributed by atoms with Crippen LogP contribution >= 0.6 is 0 Å². The predicted molar refractivity (Wildman–Crippen MR) is 170 cm³/mol. The van der Waals surface area contributed by atoms with Crippen molar-refractivity contribution >= 4 is 33.3 Å². The molecule has 4 aromatic carbocycles. The highest BCUT2D eigenvalue weighted by atomic mass is 32.2. The van der Waals surface area contributed by atoms with Gasteiger partial charge in [-0.05, 0) is 60.0 Å². The van der Waals surface area contributed by atoms with Crippen LogP contribution in [0.1, 0.15) is 16.7 Å². The number of carbonyl (C=O) groups is 2. The molecule has 4 rings (SSSR count). The number of hydrogen-bond donors (Lipinski definition) is 2. The van der Waals surface area contributed by atoms with E-state index in [0.717, 1.165) is 33.5 Å². The molecule has 1 amide bonds. The van der Waals surface area contributed by atoms with Gasteiger partial charge in [0.25, 0.3) is 5.91 Å². The molecule has 44 heavy (non-hydrogen) atoms. The van der Waals surface area contributed by atoms with Crippen molar-refractivity contribution in [3.8, 4) is 17.2 Å². The number of sulfonamides is 1. The molecule has 0 unspecified atom stereocenters. The summed E-state index contributed by atoms with van der Waals surface area (Å²) in [4.78, 5) is 26.2. The Labute approximate surface area is 257 Å². The number of likely N-dealkylation sites (N-methyl/N-ethyl adjacent to an activating group) is 1. The lowest BCUT2D eigenvalue weighted by Gasteiger charge is -2.28. The van der Waals surface area contributed by atoms with E-state index in [1.165, 1.54) is 7.05 Å². The van der Waals surface area contributed by atoms with Crippen LogP contribution in [-0.2, 0) is 32.7 Å². The highest BCUT2D eigenvalue weighted by molar-refractivity contribution is 7.92. The number of nitrogens with one attached hydrogen (secondary N) is 1. The zero-order valence-electron chi connectivity index (χ0n) is 24.8. The normalized spacial score (nSPS) is 11.0. The molecule has 10 nitrogen and oxygen atoms in total. The van der Waals surface area contributed by atoms with Gasteiger partial charge in [0.05, 0.1) is 11.9 Å². The summed E-state index contributed by atoms with van der Waals surface area (Å²) in [7, 11) is -2.03. The number of carboxylic acids is 1. The van der Waals surface area contributed by atoms with Crippen LogP contribution in [0.15, 0.2) is 97.1 Å². The molecule has 0 aliphatic rings. The Morgan fingerprint density at radius 3 is 2.11 bits per heavy atom. The number of nitrogens with zero attached hydrogens (tertiary/aromatic N) is 2. The number of hydrogen-bond acceptors (Lipinski definition) is 7. The average molecular weight is 618 g/mol. The first-order valence-electron chi connectivity index (χ1n) is 13.8. The SMILES string of the molecule is Cc1c(NS(C)(=O)=O)cccc1N(Cc1ccccc1)Cc1ccc(Oc2cccc(OCC(=O)N(C)CC(=O)O)c2)cc1. The van der Waals surface area contributed by atoms with E-state index >= 15 is 0 Å². The zero-order valence-corrected chi connectivity index (χ0v) is 25.6. The second kappa shape index (κ2) is 14.4. The van der Waals surface area contributed by atoms with Gasteiger partial charge in [-0.15, -0.1) is 0 Å². The van der Waals surface area contributed by atoms with Crippen LogP contribution < -0.4 is 19.1 Å². The Balaban J connectivity index is 1.47. The van der Waals surface area contributed by atoms with E-state index in [4.69, 9.17) is 14.6 Å². The minimum atomic E-state index is -3.43. The molecule has 0 fully saturated rings. The summed E-state index contributed by atoms with van der Waals surface area (Å²) in [5.74, 6) is -0.0243. The van der Waals surface area contributed by atoms with Gasteiger partial charge in [0.1, 0.15) is 23.8 Å². The fourth-order valence-electron chi connectivity index (χ4n) is 4.50. The maximum atomic E-state index is 12.1. The third-order valence-electron chi connectivity index (χ3n) is 6.66. The van der Waals surface area contributed by atoms with E-state index < -0.39 is 28.4 Å². The fraction of sp³-hybridized carbons (Fsp3) is 0.212. The number of benzene rings is 4. The first-order valence-corrected chi connectivity index (χ1v) is 15.7. The molecule has 0 saturated carbocycles. The molecule has 230 valence electrons. The quantitative estimate of drug-likeness (QED) is 0.196. The molecule has 0 aromatic heterocycles. The third kappa shape index (κ3) is 9.50. The summed E-state index contributed by atoms with van der Waals surface area (Å²) in [6, 6.07) is 30.1. The number of amides is 1. The summed E-state index contributed by atoms with van der Waals surface area (Å²) in [5.41, 5.74) is 4.41. The maximum Gasteiger partial charge on any atom is 0.323 e. The van der Waals surface area contributed by atoms with Crippen molar-refractivity contribution in [3.63, 3.8) is 0 Å². The maximum absolute atomic E-state index is 12.1. The van der Waals surface area contributed by atoms with E-state index in [2.05, 4.69) is 21.8 Å². The Kier molecular flexibility index (Phi) is 10.5. The lowest BCUT2D eigenvalue weighted by molar-refractivity contribution is -0.144. The Bertz CT molecular complexity index is 1690. The second-order valence-corrected chi connectivity index (χ2v) is 12.1. The molecule has 0 saturated heterocycles. The fourth-order valence-corrected chi connectivity index (χ4v) is 5.12. The number of anilines is 2. The standard InChI is InChI=1S/C33H35N3O7S/c1-24-30(34-44(3,40)41)13-8-14-31(24)36(20-25-9-5-4-6-10-25)21-26-15-17-27(18-16-26)43-29-12-7-11-28(19-29)42-23-32(37)35(2)22-33(38)39/h4-19,34H,20-23H2,1-3H3,(H,38,39). The third-order valence-corrected chi connectivity index (χ3v) is 7.25. The molecule has 0 atom stereocenters. The van der Waals surface area contributed by atoms with Crippen LogP contribution in [0.2, 0.25) is 0 Å². The number of aliphatic carboxylic acids is 1. The number of carboxylic acid groups (broad SMARTS) is 1. The molecule has 0 aliphatic heterocycles. The van der Waals surface area contributed by atoms with Gasteiger partial charge in [-0.3, -0.25) is 14.3 Å². The summed E-state index contributed by atoms with van der Waals surface area (Å²) in [5, 5.41) is 8.85. The van der Waals surface area contributed by atoms with Gasteiger partial charge in [0, 0.05) is 31.9 Å². The van der Waals surface area contributed by atoms with Gasteiger partial charge in [-0.1, -0.05) is 54.6 Å². The molecular weight excluding hydrogens is 582 g/mol. The van der Waals surface area contributed by atoms with Crippen LogP contribution in [-0.4, -0.2) is 56.8 Å². The van der Waals surface area contributed by atoms with Gasteiger partial charge in [-0.2, -0.15) is 0 Å². The molecule has 0 spiro atoms. The Hall–Kier alpha value is -5.03. The van der Waals surface area contributed by atoms with Gasteiger partial charge in [0.15, 0.2) is 6.61 Å². The second-order valence-electron chi connectivity index (χ2n) is 10.3. The summed E-state index contributed by atoms with van der Waals surface area (Å²) >= 11 is 0. The van der Waals surface area contributed by atoms with Crippen molar-refractivity contribution < 1.29 is 32.6 Å². The molecule has 0 aliphatic carbocycles. The minimum Gasteiger partial charge on any atom is -0.484 e. The topological polar surface area (TPSA) is 125 Å². The summed E-state index contributed by atoms with van der Waals surface area (Å²) < 4.78 is 38.0. The van der Waals surface area contributed by atoms with Crippen molar-refractivity contribution in [1.82, 2.24) is 4.90 Å². The molecule has 0 bridgehead atoms.